The third-order valence-corrected chi connectivity index (χ3v) is 3.03. The van der Waals surface area contributed by atoms with Crippen LogP contribution in [0.5, 0.6) is 0 Å². The van der Waals surface area contributed by atoms with Crippen LogP contribution in [0.2, 0.25) is 0 Å². The number of aliphatic hydroxyl groups is 1. The number of nitrogens with one attached hydrogen (secondary N) is 2. The van der Waals surface area contributed by atoms with Crippen molar-refractivity contribution >= 4 is 16.7 Å². The summed E-state index contributed by atoms with van der Waals surface area (Å²) in [6, 6.07) is 6.88. The minimum atomic E-state index is -0.305. The summed E-state index contributed by atoms with van der Waals surface area (Å²) in [5.41, 5.74) is -0.0811. The summed E-state index contributed by atoms with van der Waals surface area (Å²) in [6.45, 7) is 0.689. The molecular weight excluding hydrogens is 258 g/mol. The van der Waals surface area contributed by atoms with Crippen LogP contribution in [0.1, 0.15) is 29.8 Å². The van der Waals surface area contributed by atoms with Crippen LogP contribution < -0.4 is 10.9 Å². The minimum Gasteiger partial charge on any atom is -0.396 e. The van der Waals surface area contributed by atoms with Crippen LogP contribution >= 0.6 is 0 Å². The molecule has 0 aliphatic heterocycles. The van der Waals surface area contributed by atoms with Gasteiger partial charge in [0.1, 0.15) is 0 Å². The van der Waals surface area contributed by atoms with Crippen molar-refractivity contribution in [2.24, 2.45) is 0 Å². The zero-order chi connectivity index (χ0) is 14.4. The van der Waals surface area contributed by atoms with Crippen molar-refractivity contribution in [1.82, 2.24) is 15.5 Å². The average Bonchev–Trinajstić information content (AvgIpc) is 2.47. The van der Waals surface area contributed by atoms with Crippen molar-refractivity contribution in [2.45, 2.75) is 19.3 Å². The summed E-state index contributed by atoms with van der Waals surface area (Å²) in [6.07, 6.45) is 2.39. The molecule has 6 heteroatoms. The number of aromatic amines is 1. The minimum absolute atomic E-state index is 0.167. The largest absolute Gasteiger partial charge is 0.396 e. The topological polar surface area (TPSA) is 95.1 Å². The second kappa shape index (κ2) is 6.81. The summed E-state index contributed by atoms with van der Waals surface area (Å²) >= 11 is 0. The predicted molar refractivity (Wildman–Crippen MR) is 75.6 cm³/mol. The van der Waals surface area contributed by atoms with Crippen molar-refractivity contribution < 1.29 is 9.90 Å². The Kier molecular flexibility index (Phi) is 4.84. The first-order valence-corrected chi connectivity index (χ1v) is 6.60. The van der Waals surface area contributed by atoms with Gasteiger partial charge in [0.25, 0.3) is 11.5 Å². The molecule has 0 unspecified atom stereocenters. The molecule has 2 rings (SSSR count). The number of amides is 1. The second-order valence-electron chi connectivity index (χ2n) is 4.49. The quantitative estimate of drug-likeness (QED) is 0.680. The Hall–Kier alpha value is -2.21. The Morgan fingerprint density at radius 3 is 2.70 bits per heavy atom. The fraction of sp³-hybridized carbons (Fsp3) is 0.357. The first kappa shape index (κ1) is 14.2. The van der Waals surface area contributed by atoms with Crippen LogP contribution in [0.15, 0.2) is 29.1 Å². The summed E-state index contributed by atoms with van der Waals surface area (Å²) in [5.74, 6) is -0.304. The van der Waals surface area contributed by atoms with E-state index in [0.29, 0.717) is 17.3 Å². The number of carbonyl (C=O) groups is 1. The molecule has 3 N–H and O–H groups in total. The van der Waals surface area contributed by atoms with Gasteiger partial charge < -0.3 is 10.4 Å². The van der Waals surface area contributed by atoms with E-state index in [-0.39, 0.29) is 23.8 Å². The van der Waals surface area contributed by atoms with Gasteiger partial charge in [-0.15, -0.1) is 0 Å². The van der Waals surface area contributed by atoms with Crippen LogP contribution in [-0.4, -0.2) is 34.4 Å². The normalized spacial score (nSPS) is 10.7. The first-order valence-electron chi connectivity index (χ1n) is 6.60. The van der Waals surface area contributed by atoms with E-state index in [0.717, 1.165) is 19.3 Å². The van der Waals surface area contributed by atoms with Crippen LogP contribution in [0.4, 0.5) is 0 Å². The Morgan fingerprint density at radius 1 is 1.20 bits per heavy atom. The highest BCUT2D eigenvalue weighted by Gasteiger charge is 2.12. The molecule has 0 saturated heterocycles. The Bertz CT molecular complexity index is 651. The van der Waals surface area contributed by atoms with Crippen molar-refractivity contribution in [3.63, 3.8) is 0 Å². The standard InChI is InChI=1S/C14H17N3O3/c18-9-5-1-4-8-15-14(20)12-10-6-2-3-7-11(10)13(19)17-16-12/h2-3,6-7,18H,1,4-5,8-9H2,(H,15,20)(H,17,19). The van der Waals surface area contributed by atoms with Crippen molar-refractivity contribution in [3.8, 4) is 0 Å². The number of fused-ring (bicyclic) bond motifs is 1. The lowest BCUT2D eigenvalue weighted by Gasteiger charge is -2.06. The van der Waals surface area contributed by atoms with E-state index >= 15 is 0 Å². The van der Waals surface area contributed by atoms with E-state index in [1.54, 1.807) is 24.3 Å². The first-order chi connectivity index (χ1) is 9.74. The van der Waals surface area contributed by atoms with Gasteiger partial charge in [0.05, 0.1) is 5.39 Å². The average molecular weight is 275 g/mol. The molecule has 0 atom stereocenters. The van der Waals surface area contributed by atoms with Crippen molar-refractivity contribution in [1.29, 1.82) is 0 Å². The molecular formula is C14H17N3O3. The fourth-order valence-electron chi connectivity index (χ4n) is 1.99. The molecule has 0 bridgehead atoms. The monoisotopic (exact) mass is 275 g/mol. The number of unbranched alkanes of at least 4 members (excludes halogenated alkanes) is 2. The van der Waals surface area contributed by atoms with Gasteiger partial charge in [0, 0.05) is 18.5 Å². The van der Waals surface area contributed by atoms with Gasteiger partial charge in [0.15, 0.2) is 5.69 Å². The van der Waals surface area contributed by atoms with Gasteiger partial charge in [-0.1, -0.05) is 18.2 Å². The van der Waals surface area contributed by atoms with Crippen LogP contribution in [0.25, 0.3) is 10.8 Å². The smallest absolute Gasteiger partial charge is 0.272 e. The van der Waals surface area contributed by atoms with Gasteiger partial charge in [-0.2, -0.15) is 5.10 Å². The van der Waals surface area contributed by atoms with E-state index in [2.05, 4.69) is 15.5 Å². The number of hydrogen-bond acceptors (Lipinski definition) is 4. The molecule has 106 valence electrons. The lowest BCUT2D eigenvalue weighted by molar-refractivity contribution is 0.0948. The summed E-state index contributed by atoms with van der Waals surface area (Å²) < 4.78 is 0. The summed E-state index contributed by atoms with van der Waals surface area (Å²) in [7, 11) is 0. The number of hydrogen-bond donors (Lipinski definition) is 3. The van der Waals surface area contributed by atoms with Gasteiger partial charge in [-0.25, -0.2) is 5.10 Å². The predicted octanol–water partition coefficient (Wildman–Crippen LogP) is 0.815. The van der Waals surface area contributed by atoms with Crippen molar-refractivity contribution in [2.75, 3.05) is 13.2 Å². The third kappa shape index (κ3) is 3.21. The summed E-state index contributed by atoms with van der Waals surface area (Å²) in [4.78, 5) is 23.7. The van der Waals surface area contributed by atoms with Crippen LogP contribution in [-0.2, 0) is 0 Å². The Balaban J connectivity index is 2.11. The fourth-order valence-corrected chi connectivity index (χ4v) is 1.99. The molecule has 0 aliphatic carbocycles. The maximum atomic E-state index is 12.1. The molecule has 1 heterocycles. The van der Waals surface area contributed by atoms with Gasteiger partial charge in [-0.3, -0.25) is 9.59 Å². The van der Waals surface area contributed by atoms with E-state index in [9.17, 15) is 9.59 Å². The van der Waals surface area contributed by atoms with Gasteiger partial charge >= 0.3 is 0 Å². The number of rotatable bonds is 6. The van der Waals surface area contributed by atoms with E-state index in [4.69, 9.17) is 5.11 Å². The van der Waals surface area contributed by atoms with Crippen LogP contribution in [0, 0.1) is 0 Å². The molecule has 6 nitrogen and oxygen atoms in total. The summed E-state index contributed by atoms with van der Waals surface area (Å²) in [5, 5.41) is 18.6. The highest BCUT2D eigenvalue weighted by molar-refractivity contribution is 6.04. The highest BCUT2D eigenvalue weighted by atomic mass is 16.3. The van der Waals surface area contributed by atoms with Crippen molar-refractivity contribution in [3.05, 3.63) is 40.3 Å². The molecule has 0 saturated carbocycles. The maximum Gasteiger partial charge on any atom is 0.272 e. The lowest BCUT2D eigenvalue weighted by atomic mass is 10.1. The lowest BCUT2D eigenvalue weighted by Crippen LogP contribution is -2.27. The number of H-pyrrole nitrogens is 1. The number of nitrogens with zero attached hydrogens (tertiary/aromatic N) is 1. The zero-order valence-corrected chi connectivity index (χ0v) is 11.1. The van der Waals surface area contributed by atoms with Gasteiger partial charge in [0.2, 0.25) is 0 Å². The second-order valence-corrected chi connectivity index (χ2v) is 4.49. The van der Waals surface area contributed by atoms with Crippen LogP contribution in [0.3, 0.4) is 0 Å². The molecule has 1 amide bonds. The number of aromatic nitrogens is 2. The number of carbonyl (C=O) groups excluding carboxylic acids is 1. The zero-order valence-electron chi connectivity index (χ0n) is 11.1. The van der Waals surface area contributed by atoms with Gasteiger partial charge in [-0.05, 0) is 25.3 Å². The molecule has 0 spiro atoms. The Labute approximate surface area is 115 Å². The molecule has 0 fully saturated rings. The van der Waals surface area contributed by atoms with E-state index < -0.39 is 0 Å². The number of aliphatic hydroxyl groups excluding tert-OH is 1. The molecule has 0 aliphatic rings. The third-order valence-electron chi connectivity index (χ3n) is 3.03. The SMILES string of the molecule is O=C(NCCCCCO)c1n[nH]c(=O)c2ccccc12. The molecule has 1 aromatic carbocycles. The molecule has 2 aromatic rings. The van der Waals surface area contributed by atoms with E-state index in [1.165, 1.54) is 0 Å². The number of benzene rings is 1. The van der Waals surface area contributed by atoms with E-state index in [1.807, 2.05) is 0 Å². The molecule has 1 aromatic heterocycles. The maximum absolute atomic E-state index is 12.1. The highest BCUT2D eigenvalue weighted by Crippen LogP contribution is 2.11. The molecule has 20 heavy (non-hydrogen) atoms. The Morgan fingerprint density at radius 2 is 1.95 bits per heavy atom. The molecule has 0 radical (unpaired) electrons.